The number of pyridine rings is 1. The average molecular weight is 268 g/mol. The maximum atomic E-state index is 6.04. The van der Waals surface area contributed by atoms with Crippen LogP contribution in [-0.2, 0) is 5.41 Å². The third-order valence-electron chi connectivity index (χ3n) is 4.22. The van der Waals surface area contributed by atoms with Gasteiger partial charge in [-0.3, -0.25) is 4.98 Å². The van der Waals surface area contributed by atoms with Crippen LogP contribution >= 0.6 is 0 Å². The number of terminal acetylenes is 1. The molecule has 0 fully saturated rings. The van der Waals surface area contributed by atoms with Crippen LogP contribution in [0.4, 0.5) is 0 Å². The highest BCUT2D eigenvalue weighted by Crippen LogP contribution is 2.51. The minimum absolute atomic E-state index is 0. The second-order valence-electron chi connectivity index (χ2n) is 5.20. The Morgan fingerprint density at radius 1 is 0.810 bits per heavy atom. The first-order valence-corrected chi connectivity index (χ1v) is 6.96. The molecule has 0 saturated carbocycles. The lowest BCUT2D eigenvalue weighted by Gasteiger charge is -2.25. The quantitative estimate of drug-likeness (QED) is 0.604. The molecule has 1 radical (unpaired) electrons. The van der Waals surface area contributed by atoms with E-state index < -0.39 is 5.41 Å². The van der Waals surface area contributed by atoms with E-state index >= 15 is 0 Å². The SMILES string of the molecule is C#CC1(c2ccccn2)c2ccccc2-c2ccccc21.[H]. The predicted octanol–water partition coefficient (Wildman–Crippen LogP) is 4.14. The number of rotatable bonds is 1. The number of fused-ring (bicyclic) bond motifs is 3. The maximum absolute atomic E-state index is 6.04. The molecule has 1 nitrogen and oxygen atoms in total. The molecule has 0 amide bonds. The highest BCUT2D eigenvalue weighted by Gasteiger charge is 2.44. The second-order valence-corrected chi connectivity index (χ2v) is 5.20. The van der Waals surface area contributed by atoms with Crippen LogP contribution < -0.4 is 0 Å². The summed E-state index contributed by atoms with van der Waals surface area (Å²) >= 11 is 0. The lowest BCUT2D eigenvalue weighted by molar-refractivity contribution is 0.795. The van der Waals surface area contributed by atoms with Gasteiger partial charge in [-0.15, -0.1) is 6.42 Å². The Bertz CT molecular complexity index is 817. The Morgan fingerprint density at radius 3 is 1.90 bits per heavy atom. The molecule has 0 aliphatic heterocycles. The van der Waals surface area contributed by atoms with Crippen LogP contribution in [-0.4, -0.2) is 4.98 Å². The van der Waals surface area contributed by atoms with E-state index in [9.17, 15) is 0 Å². The van der Waals surface area contributed by atoms with Gasteiger partial charge in [0.05, 0.1) is 5.69 Å². The van der Waals surface area contributed by atoms with E-state index in [4.69, 9.17) is 6.42 Å². The molecular weight excluding hydrogens is 254 g/mol. The molecule has 0 N–H and O–H groups in total. The van der Waals surface area contributed by atoms with Crippen molar-refractivity contribution in [3.05, 3.63) is 89.7 Å². The van der Waals surface area contributed by atoms with Gasteiger partial charge in [0.25, 0.3) is 0 Å². The van der Waals surface area contributed by atoms with Crippen molar-refractivity contribution in [3.8, 4) is 23.5 Å². The Hall–Kier alpha value is -2.85. The molecule has 1 heteroatoms. The summed E-state index contributed by atoms with van der Waals surface area (Å²) in [7, 11) is 0. The van der Waals surface area contributed by atoms with Crippen molar-refractivity contribution >= 4 is 0 Å². The van der Waals surface area contributed by atoms with Gasteiger partial charge in [0.1, 0.15) is 5.41 Å². The molecule has 1 aromatic heterocycles. The lowest BCUT2D eigenvalue weighted by Crippen LogP contribution is -2.25. The van der Waals surface area contributed by atoms with E-state index in [0.717, 1.165) is 16.8 Å². The van der Waals surface area contributed by atoms with E-state index in [1.165, 1.54) is 11.1 Å². The van der Waals surface area contributed by atoms with Gasteiger partial charge in [0.15, 0.2) is 0 Å². The van der Waals surface area contributed by atoms with Gasteiger partial charge < -0.3 is 0 Å². The molecule has 0 atom stereocenters. The zero-order valence-electron chi connectivity index (χ0n) is 12.5. The summed E-state index contributed by atoms with van der Waals surface area (Å²) in [6, 6.07) is 22.6. The van der Waals surface area contributed by atoms with Crippen LogP contribution in [0.3, 0.4) is 0 Å². The second kappa shape index (κ2) is 4.33. The van der Waals surface area contributed by atoms with Crippen molar-refractivity contribution in [2.24, 2.45) is 0 Å². The molecule has 3 aromatic rings. The zero-order chi connectivity index (χ0) is 14.3. The Kier molecular flexibility index (Phi) is 2.46. The normalized spacial score (nSPS) is 14.0. The first kappa shape index (κ1) is 11.9. The number of hydrogen-bond donors (Lipinski definition) is 0. The highest BCUT2D eigenvalue weighted by molar-refractivity contribution is 5.85. The predicted molar refractivity (Wildman–Crippen MR) is 85.9 cm³/mol. The summed E-state index contributed by atoms with van der Waals surface area (Å²) < 4.78 is 0. The summed E-state index contributed by atoms with van der Waals surface area (Å²) in [6.45, 7) is 0. The van der Waals surface area contributed by atoms with E-state index in [0.29, 0.717) is 0 Å². The minimum atomic E-state index is -0.589. The number of nitrogens with zero attached hydrogens (tertiary/aromatic N) is 1. The largest absolute Gasteiger partial charge is 0.259 e. The molecule has 1 aliphatic carbocycles. The van der Waals surface area contributed by atoms with Crippen LogP contribution in [0.2, 0.25) is 0 Å². The molecular formula is C20H14N. The van der Waals surface area contributed by atoms with Crippen molar-refractivity contribution in [2.45, 2.75) is 5.41 Å². The fourth-order valence-electron chi connectivity index (χ4n) is 3.33. The topological polar surface area (TPSA) is 12.9 Å². The van der Waals surface area contributed by atoms with E-state index in [2.05, 4.69) is 47.3 Å². The number of aromatic nitrogens is 1. The lowest BCUT2D eigenvalue weighted by atomic mass is 9.76. The van der Waals surface area contributed by atoms with Crippen molar-refractivity contribution in [2.75, 3.05) is 0 Å². The van der Waals surface area contributed by atoms with E-state index in [1.54, 1.807) is 6.20 Å². The molecule has 0 saturated heterocycles. The summed E-state index contributed by atoms with van der Waals surface area (Å²) in [5, 5.41) is 0. The molecule has 2 aromatic carbocycles. The monoisotopic (exact) mass is 268 g/mol. The molecule has 0 spiro atoms. The molecule has 1 heterocycles. The van der Waals surface area contributed by atoms with Crippen LogP contribution in [0.5, 0.6) is 0 Å². The Morgan fingerprint density at radius 2 is 1.38 bits per heavy atom. The third kappa shape index (κ3) is 1.45. The van der Waals surface area contributed by atoms with Crippen molar-refractivity contribution in [1.82, 2.24) is 4.98 Å². The van der Waals surface area contributed by atoms with Crippen LogP contribution in [0.15, 0.2) is 72.9 Å². The summed E-state index contributed by atoms with van der Waals surface area (Å²) in [4.78, 5) is 4.56. The van der Waals surface area contributed by atoms with Gasteiger partial charge in [-0.25, -0.2) is 0 Å². The smallest absolute Gasteiger partial charge is 0.124 e. The maximum Gasteiger partial charge on any atom is 0.124 e. The van der Waals surface area contributed by atoms with Crippen molar-refractivity contribution in [3.63, 3.8) is 0 Å². The molecule has 21 heavy (non-hydrogen) atoms. The first-order chi connectivity index (χ1) is 10.4. The number of hydrogen-bond acceptors (Lipinski definition) is 1. The Labute approximate surface area is 125 Å². The van der Waals surface area contributed by atoms with Crippen LogP contribution in [0.25, 0.3) is 11.1 Å². The van der Waals surface area contributed by atoms with Gasteiger partial charge in [-0.05, 0) is 34.4 Å². The number of benzene rings is 2. The highest BCUT2D eigenvalue weighted by atomic mass is 14.7. The third-order valence-corrected chi connectivity index (χ3v) is 4.22. The Balaban J connectivity index is 0.00000144. The average Bonchev–Trinajstić information content (AvgIpc) is 2.87. The van der Waals surface area contributed by atoms with Gasteiger partial charge >= 0.3 is 0 Å². The van der Waals surface area contributed by atoms with E-state index in [-0.39, 0.29) is 1.43 Å². The molecule has 4 rings (SSSR count). The zero-order valence-corrected chi connectivity index (χ0v) is 11.5. The fraction of sp³-hybridized carbons (Fsp3) is 0.0500. The van der Waals surface area contributed by atoms with Gasteiger partial charge in [0, 0.05) is 7.62 Å². The molecule has 1 aliphatic rings. The molecule has 99 valence electrons. The van der Waals surface area contributed by atoms with Gasteiger partial charge in [-0.1, -0.05) is 60.5 Å². The van der Waals surface area contributed by atoms with E-state index in [1.807, 2.05) is 30.3 Å². The minimum Gasteiger partial charge on any atom is -0.259 e. The summed E-state index contributed by atoms with van der Waals surface area (Å²) in [5.41, 5.74) is 5.02. The molecule has 0 bridgehead atoms. The summed E-state index contributed by atoms with van der Waals surface area (Å²) in [5.74, 6) is 3.04. The van der Waals surface area contributed by atoms with Gasteiger partial charge in [-0.2, -0.15) is 0 Å². The van der Waals surface area contributed by atoms with Crippen molar-refractivity contribution < 1.29 is 1.43 Å². The molecule has 0 unspecified atom stereocenters. The van der Waals surface area contributed by atoms with Crippen molar-refractivity contribution in [1.29, 1.82) is 0 Å². The van der Waals surface area contributed by atoms with Crippen LogP contribution in [0, 0.1) is 12.3 Å². The van der Waals surface area contributed by atoms with Crippen LogP contribution in [0.1, 0.15) is 18.2 Å². The summed E-state index contributed by atoms with van der Waals surface area (Å²) in [6.07, 6.45) is 7.84. The fourth-order valence-corrected chi connectivity index (χ4v) is 3.33. The standard InChI is InChI=1S/C20H13N.H/c1-2-20(19-13-7-8-14-21-19)17-11-5-3-9-15(17)16-10-4-6-12-18(16)20;/h1,3-14H;. The van der Waals surface area contributed by atoms with Gasteiger partial charge in [0.2, 0.25) is 0 Å². The first-order valence-electron chi connectivity index (χ1n) is 6.96.